The van der Waals surface area contributed by atoms with Crippen molar-refractivity contribution in [3.63, 3.8) is 0 Å². The van der Waals surface area contributed by atoms with Gasteiger partial charge in [0.25, 0.3) is 5.69 Å². The molecule has 3 nitrogen and oxygen atoms in total. The Morgan fingerprint density at radius 1 is 1.70 bits per heavy atom. The molecule has 0 aromatic carbocycles. The Balaban J connectivity index is 3.25. The van der Waals surface area contributed by atoms with Crippen LogP contribution in [0.4, 0.5) is 0 Å². The molecule has 1 aromatic rings. The minimum absolute atomic E-state index is 0.00694. The van der Waals surface area contributed by atoms with Gasteiger partial charge in [-0.1, -0.05) is 11.6 Å². The van der Waals surface area contributed by atoms with Gasteiger partial charge in [0.2, 0.25) is 0 Å². The minimum atomic E-state index is 0.00694. The van der Waals surface area contributed by atoms with E-state index in [0.29, 0.717) is 9.75 Å². The van der Waals surface area contributed by atoms with E-state index in [9.17, 15) is 5.21 Å². The second-order valence-electron chi connectivity index (χ2n) is 1.67. The highest BCUT2D eigenvalue weighted by Crippen LogP contribution is 2.05. The molecule has 4 heteroatoms. The van der Waals surface area contributed by atoms with Crippen LogP contribution in [0.15, 0.2) is 18.3 Å². The second-order valence-corrected chi connectivity index (χ2v) is 2.10. The Kier molecular flexibility index (Phi) is 1.74. The molecule has 1 rings (SSSR count). The molecule has 50 valence electrons. The molecule has 0 fully saturated rings. The van der Waals surface area contributed by atoms with Crippen LogP contribution in [-0.2, 0) is 0 Å². The average molecular weight is 155 g/mol. The smallest absolute Gasteiger partial charge is 0.296 e. The lowest BCUT2D eigenvalue weighted by Crippen LogP contribution is -2.29. The summed E-state index contributed by atoms with van der Waals surface area (Å²) in [5.41, 5.74) is 0.00694. The van der Waals surface area contributed by atoms with E-state index in [1.807, 2.05) is 0 Å². The van der Waals surface area contributed by atoms with E-state index in [1.54, 1.807) is 6.07 Å². The molecule has 0 aliphatic carbocycles. The monoisotopic (exact) mass is 154 g/mol. The summed E-state index contributed by atoms with van der Waals surface area (Å²) >= 11 is 5.49. The number of hydrogen-bond acceptors (Lipinski definition) is 2. The zero-order valence-electron chi connectivity index (χ0n) is 4.91. The van der Waals surface area contributed by atoms with Crippen LogP contribution in [-0.4, -0.2) is 0 Å². The van der Waals surface area contributed by atoms with Gasteiger partial charge in [-0.15, -0.1) is 0 Å². The van der Waals surface area contributed by atoms with Gasteiger partial charge in [-0.2, -0.15) is 9.99 Å². The van der Waals surface area contributed by atoms with Crippen molar-refractivity contribution in [1.82, 2.24) is 0 Å². The molecular formula is C6H3ClN2O. The largest absolute Gasteiger partial charge is 0.618 e. The molecule has 0 spiro atoms. The van der Waals surface area contributed by atoms with Crippen LogP contribution in [0.3, 0.4) is 0 Å². The van der Waals surface area contributed by atoms with Crippen molar-refractivity contribution in [2.45, 2.75) is 0 Å². The summed E-state index contributed by atoms with van der Waals surface area (Å²) in [5, 5.41) is 19.3. The number of rotatable bonds is 0. The lowest BCUT2D eigenvalue weighted by molar-refractivity contribution is -0.608. The molecule has 0 N–H and O–H groups in total. The van der Waals surface area contributed by atoms with Crippen molar-refractivity contribution in [3.8, 4) is 6.07 Å². The number of hydrogen-bond donors (Lipinski definition) is 0. The Bertz CT molecular complexity index is 292. The van der Waals surface area contributed by atoms with E-state index in [1.165, 1.54) is 18.3 Å². The summed E-state index contributed by atoms with van der Waals surface area (Å²) in [5.74, 6) is 0. The van der Waals surface area contributed by atoms with E-state index < -0.39 is 0 Å². The highest BCUT2D eigenvalue weighted by Gasteiger charge is 2.02. The quantitative estimate of drug-likeness (QED) is 0.411. The summed E-state index contributed by atoms with van der Waals surface area (Å²) in [6, 6.07) is 4.44. The maximum atomic E-state index is 10.6. The zero-order chi connectivity index (χ0) is 7.56. The number of nitrogens with zero attached hydrogens (tertiary/aromatic N) is 2. The van der Waals surface area contributed by atoms with Crippen LogP contribution in [0.2, 0.25) is 5.02 Å². The van der Waals surface area contributed by atoms with Crippen LogP contribution in [0.5, 0.6) is 0 Å². The molecule has 0 saturated carbocycles. The van der Waals surface area contributed by atoms with Crippen molar-refractivity contribution in [3.05, 3.63) is 34.3 Å². The number of pyridine rings is 1. The first-order chi connectivity index (χ1) is 4.74. The molecular weight excluding hydrogens is 152 g/mol. The number of nitriles is 1. The normalized spacial score (nSPS) is 8.80. The average Bonchev–Trinajstić information content (AvgIpc) is 1.94. The van der Waals surface area contributed by atoms with Crippen LogP contribution < -0.4 is 4.73 Å². The van der Waals surface area contributed by atoms with E-state index in [-0.39, 0.29) is 5.69 Å². The fourth-order valence-electron chi connectivity index (χ4n) is 0.543. The van der Waals surface area contributed by atoms with Crippen LogP contribution in [0.25, 0.3) is 0 Å². The van der Waals surface area contributed by atoms with E-state index >= 15 is 0 Å². The maximum Gasteiger partial charge on any atom is 0.296 e. The number of halogens is 1. The van der Waals surface area contributed by atoms with Crippen LogP contribution >= 0.6 is 11.6 Å². The van der Waals surface area contributed by atoms with Crippen LogP contribution in [0.1, 0.15) is 5.69 Å². The van der Waals surface area contributed by atoms with Gasteiger partial charge in [-0.05, 0) is 0 Å². The Morgan fingerprint density at radius 2 is 2.40 bits per heavy atom. The van der Waals surface area contributed by atoms with Crippen LogP contribution in [0, 0.1) is 16.5 Å². The zero-order valence-corrected chi connectivity index (χ0v) is 5.67. The minimum Gasteiger partial charge on any atom is -0.618 e. The Hall–Kier alpha value is -1.27. The van der Waals surface area contributed by atoms with E-state index in [4.69, 9.17) is 16.9 Å². The van der Waals surface area contributed by atoms with E-state index in [0.717, 1.165) is 0 Å². The third-order valence-corrected chi connectivity index (χ3v) is 1.23. The third-order valence-electron chi connectivity index (χ3n) is 0.996. The molecule has 0 radical (unpaired) electrons. The molecule has 1 aromatic heterocycles. The molecule has 10 heavy (non-hydrogen) atoms. The first kappa shape index (κ1) is 6.84. The predicted octanol–water partition coefficient (Wildman–Crippen LogP) is 0.845. The summed E-state index contributed by atoms with van der Waals surface area (Å²) in [7, 11) is 0. The van der Waals surface area contributed by atoms with Gasteiger partial charge < -0.3 is 5.21 Å². The third kappa shape index (κ3) is 1.17. The summed E-state index contributed by atoms with van der Waals surface area (Å²) in [6.07, 6.45) is 1.20. The van der Waals surface area contributed by atoms with Gasteiger partial charge in [0.1, 0.15) is 0 Å². The van der Waals surface area contributed by atoms with Gasteiger partial charge >= 0.3 is 0 Å². The first-order valence-electron chi connectivity index (χ1n) is 2.53. The second kappa shape index (κ2) is 2.54. The van der Waals surface area contributed by atoms with Gasteiger partial charge in [0, 0.05) is 12.1 Å². The highest BCUT2D eigenvalue weighted by molar-refractivity contribution is 6.30. The van der Waals surface area contributed by atoms with E-state index in [2.05, 4.69) is 0 Å². The molecule has 0 amide bonds. The van der Waals surface area contributed by atoms with Crippen molar-refractivity contribution in [2.24, 2.45) is 0 Å². The fraction of sp³-hybridized carbons (Fsp3) is 0. The van der Waals surface area contributed by atoms with Crippen molar-refractivity contribution >= 4 is 11.6 Å². The topological polar surface area (TPSA) is 50.7 Å². The molecule has 0 aliphatic rings. The SMILES string of the molecule is N#Cc1cc(Cl)cc[n+]1[O-]. The molecule has 0 aliphatic heterocycles. The van der Waals surface area contributed by atoms with Gasteiger partial charge in [0.15, 0.2) is 12.3 Å². The maximum absolute atomic E-state index is 10.6. The van der Waals surface area contributed by atoms with Gasteiger partial charge in [-0.25, -0.2) is 0 Å². The van der Waals surface area contributed by atoms with Gasteiger partial charge in [-0.3, -0.25) is 0 Å². The Labute approximate surface area is 62.7 Å². The lowest BCUT2D eigenvalue weighted by Gasteiger charge is -1.95. The number of aromatic nitrogens is 1. The molecule has 0 bridgehead atoms. The van der Waals surface area contributed by atoms with Crippen molar-refractivity contribution < 1.29 is 4.73 Å². The predicted molar refractivity (Wildman–Crippen MR) is 35.1 cm³/mol. The molecule has 0 atom stereocenters. The first-order valence-corrected chi connectivity index (χ1v) is 2.90. The summed E-state index contributed by atoms with van der Waals surface area (Å²) in [4.78, 5) is 0. The van der Waals surface area contributed by atoms with Gasteiger partial charge in [0.05, 0.1) is 5.02 Å². The van der Waals surface area contributed by atoms with Crippen molar-refractivity contribution in [1.29, 1.82) is 5.26 Å². The fourth-order valence-corrected chi connectivity index (χ4v) is 0.703. The molecule has 0 saturated heterocycles. The molecule has 1 heterocycles. The summed E-state index contributed by atoms with van der Waals surface area (Å²) in [6.45, 7) is 0. The lowest BCUT2D eigenvalue weighted by atomic mass is 10.4. The standard InChI is InChI=1S/C6H3ClN2O/c7-5-1-2-9(10)6(3-5)4-8/h1-3H. The summed E-state index contributed by atoms with van der Waals surface area (Å²) < 4.78 is 0.464. The highest BCUT2D eigenvalue weighted by atomic mass is 35.5. The van der Waals surface area contributed by atoms with Crippen molar-refractivity contribution in [2.75, 3.05) is 0 Å². The Morgan fingerprint density at radius 3 is 2.90 bits per heavy atom. The molecule has 0 unspecified atom stereocenters.